The maximum atomic E-state index is 3.88. The van der Waals surface area contributed by atoms with Crippen molar-refractivity contribution in [3.8, 4) is 0 Å². The van der Waals surface area contributed by atoms with Gasteiger partial charge in [-0.15, -0.1) is 22.0 Å². The summed E-state index contributed by atoms with van der Waals surface area (Å²) in [4.78, 5) is 0. The number of rotatable bonds is 0. The second-order valence-electron chi connectivity index (χ2n) is 1.82. The number of fused-ring (bicyclic) bond motifs is 1. The quantitative estimate of drug-likeness (QED) is 0.562. The zero-order chi connectivity index (χ0) is 6.81. The van der Waals surface area contributed by atoms with Crippen molar-refractivity contribution >= 4 is 24.0 Å². The van der Waals surface area contributed by atoms with Gasteiger partial charge in [-0.05, 0) is 16.9 Å². The molecule has 0 saturated heterocycles. The van der Waals surface area contributed by atoms with Crippen molar-refractivity contribution in [3.63, 3.8) is 0 Å². The van der Waals surface area contributed by atoms with Gasteiger partial charge in [0.2, 0.25) is 0 Å². The number of nitrogens with zero attached hydrogens (tertiary/aromatic N) is 3. The Bertz CT molecular complexity index is 260. The summed E-state index contributed by atoms with van der Waals surface area (Å²) in [6, 6.07) is 0. The van der Waals surface area contributed by atoms with Gasteiger partial charge in [-0.3, -0.25) is 4.57 Å². The van der Waals surface area contributed by atoms with Crippen LogP contribution in [0.2, 0.25) is 0 Å². The van der Waals surface area contributed by atoms with E-state index in [4.69, 9.17) is 0 Å². The van der Waals surface area contributed by atoms with Crippen molar-refractivity contribution in [1.29, 1.82) is 0 Å². The predicted octanol–water partition coefficient (Wildman–Crippen LogP) is 1.42. The van der Waals surface area contributed by atoms with Crippen LogP contribution >= 0.6 is 11.8 Å². The van der Waals surface area contributed by atoms with Gasteiger partial charge in [0.05, 0.1) is 0 Å². The monoisotopic (exact) mass is 151 g/mol. The summed E-state index contributed by atoms with van der Waals surface area (Å²) in [5, 5.41) is 11.6. The lowest BCUT2D eigenvalue weighted by Crippen LogP contribution is -1.85. The molecule has 0 aromatic carbocycles. The molecule has 2 rings (SSSR count). The first-order valence-corrected chi connectivity index (χ1v) is 3.79. The molecular formula is C6H5N3S. The van der Waals surface area contributed by atoms with E-state index < -0.39 is 0 Å². The van der Waals surface area contributed by atoms with Gasteiger partial charge < -0.3 is 0 Å². The molecule has 0 atom stereocenters. The van der Waals surface area contributed by atoms with Gasteiger partial charge in [-0.2, -0.15) is 0 Å². The van der Waals surface area contributed by atoms with Crippen LogP contribution in [-0.4, -0.2) is 14.8 Å². The van der Waals surface area contributed by atoms with Gasteiger partial charge in [-0.25, -0.2) is 0 Å². The molecule has 0 fully saturated rings. The number of hydrogen-bond donors (Lipinski definition) is 0. The Morgan fingerprint density at radius 1 is 1.40 bits per heavy atom. The Kier molecular flexibility index (Phi) is 1.32. The summed E-state index contributed by atoms with van der Waals surface area (Å²) >= 11 is 1.63. The highest BCUT2D eigenvalue weighted by molar-refractivity contribution is 8.05. The highest BCUT2D eigenvalue weighted by atomic mass is 32.2. The minimum absolute atomic E-state index is 0.876. The fraction of sp³-hybridized carbons (Fsp3) is 0. The minimum Gasteiger partial charge on any atom is -0.289 e. The normalized spacial score (nSPS) is 14.8. The molecule has 0 bridgehead atoms. The summed E-state index contributed by atoms with van der Waals surface area (Å²) < 4.78 is 1.87. The van der Waals surface area contributed by atoms with Crippen LogP contribution in [0.15, 0.2) is 17.1 Å². The summed E-state index contributed by atoms with van der Waals surface area (Å²) in [7, 11) is 0. The highest BCUT2D eigenvalue weighted by Crippen LogP contribution is 2.13. The largest absolute Gasteiger partial charge is 0.289 e. The summed E-state index contributed by atoms with van der Waals surface area (Å²) in [5.41, 5.74) is 0. The average molecular weight is 151 g/mol. The first-order chi connectivity index (χ1) is 4.97. The molecule has 0 saturated carbocycles. The molecule has 10 heavy (non-hydrogen) atoms. The molecule has 1 aromatic rings. The predicted molar refractivity (Wildman–Crippen MR) is 42.0 cm³/mol. The number of thioether (sulfide) groups is 1. The second-order valence-corrected chi connectivity index (χ2v) is 2.64. The molecule has 0 spiro atoms. The smallest absolute Gasteiger partial charge is 0.161 e. The highest BCUT2D eigenvalue weighted by Gasteiger charge is 1.97. The topological polar surface area (TPSA) is 30.7 Å². The molecule has 0 amide bonds. The third-order valence-electron chi connectivity index (χ3n) is 1.20. The summed E-state index contributed by atoms with van der Waals surface area (Å²) in [6.07, 6.45) is 5.54. The standard InChI is InChI=1S/C6H5N3S/c1-3-10-4-2-9-5-7-8-6(1)9/h1-5H. The van der Waals surface area contributed by atoms with Crippen LogP contribution in [0.25, 0.3) is 12.3 Å². The Balaban J connectivity index is 2.56. The molecule has 1 aliphatic rings. The number of aromatic nitrogens is 3. The van der Waals surface area contributed by atoms with Gasteiger partial charge in [0, 0.05) is 6.20 Å². The molecule has 4 heteroatoms. The number of hydrogen-bond acceptors (Lipinski definition) is 3. The fourth-order valence-electron chi connectivity index (χ4n) is 0.732. The van der Waals surface area contributed by atoms with Crippen LogP contribution in [-0.2, 0) is 0 Å². The van der Waals surface area contributed by atoms with E-state index in [2.05, 4.69) is 10.2 Å². The first-order valence-electron chi connectivity index (χ1n) is 2.85. The van der Waals surface area contributed by atoms with Crippen LogP contribution in [0.3, 0.4) is 0 Å². The van der Waals surface area contributed by atoms with Crippen molar-refractivity contribution in [3.05, 3.63) is 23.0 Å². The minimum atomic E-state index is 0.876. The summed E-state index contributed by atoms with van der Waals surface area (Å²) in [6.45, 7) is 0. The molecule has 2 heterocycles. The lowest BCUT2D eigenvalue weighted by Gasteiger charge is -1.88. The van der Waals surface area contributed by atoms with E-state index in [1.165, 1.54) is 0 Å². The van der Waals surface area contributed by atoms with E-state index in [0.717, 1.165) is 5.82 Å². The fourth-order valence-corrected chi connectivity index (χ4v) is 1.22. The van der Waals surface area contributed by atoms with Gasteiger partial charge in [-0.1, -0.05) is 0 Å². The molecule has 3 nitrogen and oxygen atoms in total. The lowest BCUT2D eigenvalue weighted by molar-refractivity contribution is 1.08. The average Bonchev–Trinajstić information content (AvgIpc) is 2.28. The van der Waals surface area contributed by atoms with E-state index >= 15 is 0 Å². The molecule has 50 valence electrons. The maximum Gasteiger partial charge on any atom is 0.161 e. The Morgan fingerprint density at radius 3 is 3.40 bits per heavy atom. The molecule has 0 radical (unpaired) electrons. The van der Waals surface area contributed by atoms with E-state index in [0.29, 0.717) is 0 Å². The van der Waals surface area contributed by atoms with Gasteiger partial charge in [0.1, 0.15) is 6.33 Å². The van der Waals surface area contributed by atoms with E-state index in [1.807, 2.05) is 27.7 Å². The van der Waals surface area contributed by atoms with Crippen LogP contribution in [0.1, 0.15) is 5.82 Å². The zero-order valence-electron chi connectivity index (χ0n) is 5.14. The molecule has 1 aromatic heterocycles. The van der Waals surface area contributed by atoms with Crippen molar-refractivity contribution in [1.82, 2.24) is 14.8 Å². The van der Waals surface area contributed by atoms with E-state index in [1.54, 1.807) is 18.1 Å². The first kappa shape index (κ1) is 5.73. The van der Waals surface area contributed by atoms with Crippen LogP contribution in [0, 0.1) is 0 Å². The molecule has 0 N–H and O–H groups in total. The van der Waals surface area contributed by atoms with Crippen molar-refractivity contribution in [2.75, 3.05) is 0 Å². The van der Waals surface area contributed by atoms with Crippen LogP contribution in [0.4, 0.5) is 0 Å². The summed E-state index contributed by atoms with van der Waals surface area (Å²) in [5.74, 6) is 0.876. The van der Waals surface area contributed by atoms with E-state index in [-0.39, 0.29) is 0 Å². The Morgan fingerprint density at radius 2 is 2.40 bits per heavy atom. The molecular weight excluding hydrogens is 146 g/mol. The maximum absolute atomic E-state index is 3.88. The van der Waals surface area contributed by atoms with Crippen LogP contribution in [0.5, 0.6) is 0 Å². The van der Waals surface area contributed by atoms with Gasteiger partial charge in [0.15, 0.2) is 5.82 Å². The van der Waals surface area contributed by atoms with Crippen molar-refractivity contribution in [2.45, 2.75) is 0 Å². The van der Waals surface area contributed by atoms with Crippen molar-refractivity contribution in [2.24, 2.45) is 0 Å². The molecule has 0 aliphatic carbocycles. The SMILES string of the molecule is C1=Cc2nncn2C=CS1. The molecule has 1 aliphatic heterocycles. The third-order valence-corrected chi connectivity index (χ3v) is 1.77. The zero-order valence-corrected chi connectivity index (χ0v) is 5.95. The lowest BCUT2D eigenvalue weighted by atomic mass is 10.6. The van der Waals surface area contributed by atoms with Crippen LogP contribution < -0.4 is 0 Å². The van der Waals surface area contributed by atoms with Gasteiger partial charge >= 0.3 is 0 Å². The Labute approximate surface area is 62.5 Å². The molecule has 0 unspecified atom stereocenters. The third kappa shape index (κ3) is 0.863. The van der Waals surface area contributed by atoms with Crippen molar-refractivity contribution < 1.29 is 0 Å². The second kappa shape index (κ2) is 2.30. The van der Waals surface area contributed by atoms with Gasteiger partial charge in [0.25, 0.3) is 0 Å². The Hall–Kier alpha value is -1.03. The van der Waals surface area contributed by atoms with E-state index in [9.17, 15) is 0 Å².